The first kappa shape index (κ1) is 20.7. The summed E-state index contributed by atoms with van der Waals surface area (Å²) in [5.74, 6) is 2.13. The van der Waals surface area contributed by atoms with E-state index < -0.39 is 0 Å². The topological polar surface area (TPSA) is 82.9 Å². The predicted octanol–water partition coefficient (Wildman–Crippen LogP) is 2.85. The van der Waals surface area contributed by atoms with E-state index in [1.54, 1.807) is 0 Å². The molecule has 9 heteroatoms. The van der Waals surface area contributed by atoms with Crippen molar-refractivity contribution in [2.24, 2.45) is 10.6 Å². The average molecular weight is 413 g/mol. The molecular weight excluding hydrogens is 384 g/mol. The molecule has 2 fully saturated rings. The van der Waals surface area contributed by atoms with E-state index in [9.17, 15) is 0 Å². The van der Waals surface area contributed by atoms with Crippen LogP contribution in [0.25, 0.3) is 5.52 Å². The lowest BCUT2D eigenvalue weighted by molar-refractivity contribution is 0.0239. The molecule has 0 atom stereocenters. The van der Waals surface area contributed by atoms with Crippen molar-refractivity contribution < 1.29 is 5.11 Å². The van der Waals surface area contributed by atoms with Crippen LogP contribution in [0.15, 0.2) is 6.07 Å². The number of fused-ring (bicyclic) bond motifs is 1. The van der Waals surface area contributed by atoms with Gasteiger partial charge in [-0.25, -0.2) is 13.8 Å². The van der Waals surface area contributed by atoms with E-state index in [2.05, 4.69) is 42.1 Å². The lowest BCUT2D eigenvalue weighted by Gasteiger charge is -2.60. The van der Waals surface area contributed by atoms with Crippen molar-refractivity contribution in [1.82, 2.24) is 18.9 Å². The van der Waals surface area contributed by atoms with Crippen molar-refractivity contribution in [3.8, 4) is 0 Å². The van der Waals surface area contributed by atoms with Gasteiger partial charge >= 0.3 is 0 Å². The van der Waals surface area contributed by atoms with Gasteiger partial charge in [0.1, 0.15) is 10.7 Å². The molecule has 0 radical (unpaired) electrons. The molecular formula is C18H29ClN6OS. The van der Waals surface area contributed by atoms with Crippen LogP contribution < -0.4 is 10.0 Å². The van der Waals surface area contributed by atoms with Gasteiger partial charge in [0, 0.05) is 49.7 Å². The Morgan fingerprint density at radius 3 is 2.56 bits per heavy atom. The summed E-state index contributed by atoms with van der Waals surface area (Å²) in [6.07, 6.45) is 2.42. The molecule has 150 valence electrons. The SMILES string of the molecule is CO.Cc1cc(Cl)n2nc(C(C)C)nc(N3CC4(CC(N(C)SN)C4)C3)c12. The molecule has 0 bridgehead atoms. The smallest absolute Gasteiger partial charge is 0.157 e. The Hall–Kier alpha value is -1.06. The van der Waals surface area contributed by atoms with Crippen molar-refractivity contribution in [1.29, 1.82) is 0 Å². The van der Waals surface area contributed by atoms with E-state index in [-0.39, 0.29) is 5.92 Å². The molecule has 3 N–H and O–H groups in total. The Labute approximate surface area is 170 Å². The first-order chi connectivity index (χ1) is 12.8. The summed E-state index contributed by atoms with van der Waals surface area (Å²) in [4.78, 5) is 7.28. The van der Waals surface area contributed by atoms with Crippen LogP contribution in [-0.2, 0) is 0 Å². The van der Waals surface area contributed by atoms with Crippen LogP contribution in [0.1, 0.15) is 44.0 Å². The fraction of sp³-hybridized carbons (Fsp3) is 0.667. The van der Waals surface area contributed by atoms with Crippen LogP contribution in [-0.4, -0.2) is 57.3 Å². The fourth-order valence-corrected chi connectivity index (χ4v) is 4.76. The Morgan fingerprint density at radius 2 is 2.00 bits per heavy atom. The largest absolute Gasteiger partial charge is 0.400 e. The summed E-state index contributed by atoms with van der Waals surface area (Å²) in [7, 11) is 3.08. The van der Waals surface area contributed by atoms with Crippen molar-refractivity contribution >= 4 is 35.1 Å². The normalized spacial score (nSPS) is 18.7. The van der Waals surface area contributed by atoms with Crippen molar-refractivity contribution in [3.05, 3.63) is 22.6 Å². The number of aromatic nitrogens is 3. The van der Waals surface area contributed by atoms with Gasteiger partial charge in [0.05, 0.1) is 0 Å². The zero-order valence-electron chi connectivity index (χ0n) is 16.6. The molecule has 0 unspecified atom stereocenters. The minimum absolute atomic E-state index is 0.264. The molecule has 4 rings (SSSR count). The molecule has 1 spiro atoms. The number of hydrogen-bond acceptors (Lipinski definition) is 7. The quantitative estimate of drug-likeness (QED) is 0.747. The van der Waals surface area contributed by atoms with Gasteiger partial charge in [-0.15, -0.1) is 0 Å². The highest BCUT2D eigenvalue weighted by atomic mass is 35.5. The first-order valence-electron chi connectivity index (χ1n) is 9.19. The summed E-state index contributed by atoms with van der Waals surface area (Å²) in [6.45, 7) is 8.41. The molecule has 2 aromatic rings. The highest BCUT2D eigenvalue weighted by Crippen LogP contribution is 2.52. The number of halogens is 1. The Balaban J connectivity index is 0.00000102. The molecule has 1 saturated carbocycles. The third kappa shape index (κ3) is 3.53. The Bertz CT molecular complexity index is 812. The van der Waals surface area contributed by atoms with Gasteiger partial charge in [-0.1, -0.05) is 25.4 Å². The van der Waals surface area contributed by atoms with Crippen LogP contribution >= 0.6 is 23.7 Å². The van der Waals surface area contributed by atoms with Crippen LogP contribution in [0.5, 0.6) is 0 Å². The Kier molecular flexibility index (Phi) is 5.93. The van der Waals surface area contributed by atoms with Gasteiger partial charge in [0.2, 0.25) is 0 Å². The highest BCUT2D eigenvalue weighted by molar-refractivity contribution is 7.94. The second-order valence-electron chi connectivity index (χ2n) is 7.93. The van der Waals surface area contributed by atoms with Crippen molar-refractivity contribution in [2.45, 2.75) is 45.6 Å². The number of aliphatic hydroxyl groups excluding tert-OH is 1. The molecule has 1 aliphatic heterocycles. The highest BCUT2D eigenvalue weighted by Gasteiger charge is 2.54. The Morgan fingerprint density at radius 1 is 1.37 bits per heavy atom. The lowest BCUT2D eigenvalue weighted by Crippen LogP contribution is -2.66. The minimum atomic E-state index is 0.264. The number of hydrogen-bond donors (Lipinski definition) is 2. The molecule has 3 heterocycles. The van der Waals surface area contributed by atoms with Crippen LogP contribution in [0.3, 0.4) is 0 Å². The molecule has 1 saturated heterocycles. The predicted molar refractivity (Wildman–Crippen MR) is 112 cm³/mol. The molecule has 2 aliphatic rings. The average Bonchev–Trinajstić information content (AvgIpc) is 2.88. The van der Waals surface area contributed by atoms with E-state index in [0.29, 0.717) is 16.6 Å². The maximum Gasteiger partial charge on any atom is 0.157 e. The summed E-state index contributed by atoms with van der Waals surface area (Å²) in [5.41, 5.74) is 2.59. The molecule has 1 aliphatic carbocycles. The number of nitrogens with zero attached hydrogens (tertiary/aromatic N) is 5. The number of nitrogens with two attached hydrogens (primary N) is 1. The van der Waals surface area contributed by atoms with Crippen LogP contribution in [0.4, 0.5) is 5.82 Å². The number of anilines is 1. The van der Waals surface area contributed by atoms with Gasteiger partial charge < -0.3 is 10.0 Å². The monoisotopic (exact) mass is 412 g/mol. The summed E-state index contributed by atoms with van der Waals surface area (Å²) >= 11 is 7.73. The summed E-state index contributed by atoms with van der Waals surface area (Å²) < 4.78 is 4.02. The summed E-state index contributed by atoms with van der Waals surface area (Å²) in [6, 6.07) is 2.57. The van der Waals surface area contributed by atoms with Crippen LogP contribution in [0, 0.1) is 12.3 Å². The van der Waals surface area contributed by atoms with Gasteiger partial charge in [-0.3, -0.25) is 5.14 Å². The molecule has 27 heavy (non-hydrogen) atoms. The number of aryl methyl sites for hydroxylation is 1. The zero-order chi connectivity index (χ0) is 19.9. The van der Waals surface area contributed by atoms with Crippen molar-refractivity contribution in [3.63, 3.8) is 0 Å². The third-order valence-corrected chi connectivity index (χ3v) is 6.54. The maximum atomic E-state index is 7.00. The van der Waals surface area contributed by atoms with E-state index in [1.165, 1.54) is 25.0 Å². The van der Waals surface area contributed by atoms with Crippen molar-refractivity contribution in [2.75, 3.05) is 32.1 Å². The fourth-order valence-electron chi connectivity index (χ4n) is 4.16. The number of aliphatic hydroxyl groups is 1. The van der Waals surface area contributed by atoms with Gasteiger partial charge in [-0.05, 0) is 38.4 Å². The van der Waals surface area contributed by atoms with E-state index in [0.717, 1.165) is 42.9 Å². The minimum Gasteiger partial charge on any atom is -0.400 e. The second kappa shape index (κ2) is 7.75. The zero-order valence-corrected chi connectivity index (χ0v) is 18.2. The first-order valence-corrected chi connectivity index (χ1v) is 10.4. The third-order valence-electron chi connectivity index (χ3n) is 5.64. The lowest BCUT2D eigenvalue weighted by atomic mass is 9.60. The molecule has 2 aromatic heterocycles. The second-order valence-corrected chi connectivity index (χ2v) is 9.10. The van der Waals surface area contributed by atoms with Gasteiger partial charge in [0.15, 0.2) is 11.6 Å². The van der Waals surface area contributed by atoms with E-state index in [1.807, 2.05) is 10.6 Å². The molecule has 0 amide bonds. The molecule has 7 nitrogen and oxygen atoms in total. The number of rotatable bonds is 4. The van der Waals surface area contributed by atoms with Gasteiger partial charge in [0.25, 0.3) is 0 Å². The molecule has 0 aromatic carbocycles. The standard InChI is InChI=1S/C17H25ClN6S.CH4O/c1-10(2)15-20-16(14-11(3)5-13(18)24(14)21-15)23-8-17(9-23)6-12(7-17)22(4)25-19;1-2/h5,10,12H,6-9,19H2,1-4H3;2H,1H3. The summed E-state index contributed by atoms with van der Waals surface area (Å²) in [5, 5.41) is 18.0. The van der Waals surface area contributed by atoms with E-state index in [4.69, 9.17) is 26.8 Å². The van der Waals surface area contributed by atoms with Crippen LogP contribution in [0.2, 0.25) is 5.15 Å². The van der Waals surface area contributed by atoms with E-state index >= 15 is 0 Å². The van der Waals surface area contributed by atoms with Gasteiger partial charge in [-0.2, -0.15) is 5.10 Å². The maximum absolute atomic E-state index is 7.00.